The van der Waals surface area contributed by atoms with Gasteiger partial charge in [0.05, 0.1) is 11.1 Å². The Kier molecular flexibility index (Phi) is 6.20. The summed E-state index contributed by atoms with van der Waals surface area (Å²) in [5.41, 5.74) is 1.11. The van der Waals surface area contributed by atoms with E-state index < -0.39 is 0 Å². The molecule has 4 heteroatoms. The van der Waals surface area contributed by atoms with Crippen LogP contribution in [0.4, 0.5) is 4.39 Å². The van der Waals surface area contributed by atoms with Crippen LogP contribution in [0.15, 0.2) is 22.7 Å². The van der Waals surface area contributed by atoms with Gasteiger partial charge in [0.25, 0.3) is 0 Å². The number of hydrogen-bond donors (Lipinski definition) is 1. The molecule has 1 aliphatic heterocycles. The molecule has 1 aromatic carbocycles. The molecule has 0 bridgehead atoms. The van der Waals surface area contributed by atoms with Crippen LogP contribution in [0.25, 0.3) is 0 Å². The van der Waals surface area contributed by atoms with Gasteiger partial charge in [0.1, 0.15) is 5.82 Å². The van der Waals surface area contributed by atoms with Crippen LogP contribution in [-0.4, -0.2) is 26.3 Å². The Bertz CT molecular complexity index is 458. The Balaban J connectivity index is 2.10. The van der Waals surface area contributed by atoms with E-state index in [2.05, 4.69) is 35.1 Å². The molecule has 0 saturated carbocycles. The van der Waals surface area contributed by atoms with Gasteiger partial charge < -0.3 is 10.1 Å². The van der Waals surface area contributed by atoms with Crippen molar-refractivity contribution in [3.8, 4) is 0 Å². The third-order valence-corrected chi connectivity index (χ3v) is 4.94. The minimum Gasteiger partial charge on any atom is -0.381 e. The summed E-state index contributed by atoms with van der Waals surface area (Å²) in [7, 11) is 0. The van der Waals surface area contributed by atoms with Gasteiger partial charge >= 0.3 is 0 Å². The number of nitrogens with one attached hydrogen (secondary N) is 1. The quantitative estimate of drug-likeness (QED) is 0.824. The first-order valence-electron chi connectivity index (χ1n) is 7.74. The predicted molar refractivity (Wildman–Crippen MR) is 88.0 cm³/mol. The Morgan fingerprint density at radius 3 is 2.90 bits per heavy atom. The van der Waals surface area contributed by atoms with Gasteiger partial charge in [-0.25, -0.2) is 4.39 Å². The van der Waals surface area contributed by atoms with Crippen molar-refractivity contribution in [3.05, 3.63) is 34.1 Å². The summed E-state index contributed by atoms with van der Waals surface area (Å²) in [5, 5.41) is 3.56. The van der Waals surface area contributed by atoms with Gasteiger partial charge in [-0.2, -0.15) is 0 Å². The lowest BCUT2D eigenvalue weighted by Crippen LogP contribution is -2.43. The molecule has 1 N–H and O–H groups in total. The first-order chi connectivity index (χ1) is 10.0. The minimum absolute atomic E-state index is 0.0729. The number of halogens is 2. The highest BCUT2D eigenvalue weighted by molar-refractivity contribution is 9.10. The molecule has 1 unspecified atom stereocenters. The smallest absolute Gasteiger partial charge is 0.137 e. The van der Waals surface area contributed by atoms with Crippen molar-refractivity contribution in [3.63, 3.8) is 0 Å². The summed E-state index contributed by atoms with van der Waals surface area (Å²) in [6, 6.07) is 5.29. The van der Waals surface area contributed by atoms with Crippen molar-refractivity contribution < 1.29 is 9.13 Å². The molecular weight excluding hydrogens is 333 g/mol. The Labute approximate surface area is 135 Å². The molecule has 21 heavy (non-hydrogen) atoms. The average Bonchev–Trinajstić information content (AvgIpc) is 2.44. The van der Waals surface area contributed by atoms with Crippen LogP contribution in [-0.2, 0) is 11.2 Å². The van der Waals surface area contributed by atoms with E-state index in [9.17, 15) is 4.39 Å². The zero-order valence-electron chi connectivity index (χ0n) is 12.9. The summed E-state index contributed by atoms with van der Waals surface area (Å²) in [4.78, 5) is 0. The summed E-state index contributed by atoms with van der Waals surface area (Å²) in [5.74, 6) is 0.446. The Morgan fingerprint density at radius 2 is 2.24 bits per heavy atom. The maximum atomic E-state index is 13.7. The predicted octanol–water partition coefficient (Wildman–Crippen LogP) is 4.17. The Morgan fingerprint density at radius 1 is 1.43 bits per heavy atom. The average molecular weight is 358 g/mol. The molecule has 0 radical (unpaired) electrons. The maximum Gasteiger partial charge on any atom is 0.137 e. The van der Waals surface area contributed by atoms with Crippen molar-refractivity contribution in [1.29, 1.82) is 0 Å². The van der Waals surface area contributed by atoms with E-state index in [1.165, 1.54) is 6.07 Å². The van der Waals surface area contributed by atoms with E-state index in [0.29, 0.717) is 10.4 Å². The van der Waals surface area contributed by atoms with Gasteiger partial charge in [-0.3, -0.25) is 0 Å². The van der Waals surface area contributed by atoms with Crippen molar-refractivity contribution >= 4 is 15.9 Å². The highest BCUT2D eigenvalue weighted by atomic mass is 79.9. The molecule has 1 fully saturated rings. The van der Waals surface area contributed by atoms with E-state index in [1.807, 2.05) is 6.07 Å². The lowest BCUT2D eigenvalue weighted by molar-refractivity contribution is -0.00750. The maximum absolute atomic E-state index is 13.7. The molecule has 0 aromatic heterocycles. The second-order valence-corrected chi connectivity index (χ2v) is 7.36. The third kappa shape index (κ3) is 4.76. The molecular formula is C17H25BrFNO. The van der Waals surface area contributed by atoms with E-state index in [0.717, 1.165) is 51.1 Å². The fourth-order valence-corrected chi connectivity index (χ4v) is 3.37. The van der Waals surface area contributed by atoms with Gasteiger partial charge in [-0.1, -0.05) is 26.0 Å². The molecule has 2 rings (SSSR count). The lowest BCUT2D eigenvalue weighted by atomic mass is 9.77. The normalized spacial score (nSPS) is 22.7. The van der Waals surface area contributed by atoms with E-state index in [1.54, 1.807) is 6.07 Å². The van der Waals surface area contributed by atoms with E-state index in [4.69, 9.17) is 4.74 Å². The molecule has 1 saturated heterocycles. The third-order valence-electron chi connectivity index (χ3n) is 4.05. The highest BCUT2D eigenvalue weighted by Crippen LogP contribution is 2.35. The number of hydrogen-bond acceptors (Lipinski definition) is 2. The fourth-order valence-electron chi connectivity index (χ4n) is 2.97. The molecule has 1 aliphatic rings. The molecule has 1 atom stereocenters. The summed E-state index contributed by atoms with van der Waals surface area (Å²) in [6.45, 7) is 7.94. The molecule has 0 amide bonds. The summed E-state index contributed by atoms with van der Waals surface area (Å²) >= 11 is 3.39. The van der Waals surface area contributed by atoms with E-state index >= 15 is 0 Å². The van der Waals surface area contributed by atoms with Crippen LogP contribution in [0.5, 0.6) is 0 Å². The molecule has 118 valence electrons. The standard InChI is InChI=1S/C17H25BrFNO/c1-13(2)10-20-11-17(7-4-8-21-12-17)9-14-5-3-6-15(19)16(14)18/h3,5-6,13,20H,4,7-12H2,1-2H3. The largest absolute Gasteiger partial charge is 0.381 e. The molecule has 1 aromatic rings. The van der Waals surface area contributed by atoms with Crippen LogP contribution >= 0.6 is 15.9 Å². The van der Waals surface area contributed by atoms with Crippen LogP contribution in [0.2, 0.25) is 0 Å². The monoisotopic (exact) mass is 357 g/mol. The fraction of sp³-hybridized carbons (Fsp3) is 0.647. The first kappa shape index (κ1) is 16.9. The first-order valence-corrected chi connectivity index (χ1v) is 8.53. The van der Waals surface area contributed by atoms with Crippen LogP contribution in [0.1, 0.15) is 32.3 Å². The second-order valence-electron chi connectivity index (χ2n) is 6.57. The van der Waals surface area contributed by atoms with Gasteiger partial charge in [-0.15, -0.1) is 0 Å². The van der Waals surface area contributed by atoms with Crippen LogP contribution < -0.4 is 5.32 Å². The second kappa shape index (κ2) is 7.70. The van der Waals surface area contributed by atoms with Gasteiger partial charge in [0.15, 0.2) is 0 Å². The van der Waals surface area contributed by atoms with Crippen LogP contribution in [0, 0.1) is 17.2 Å². The lowest BCUT2D eigenvalue weighted by Gasteiger charge is -2.38. The van der Waals surface area contributed by atoms with Gasteiger partial charge in [0.2, 0.25) is 0 Å². The van der Waals surface area contributed by atoms with Gasteiger partial charge in [-0.05, 0) is 59.3 Å². The zero-order chi connectivity index (χ0) is 15.3. The molecule has 0 aliphatic carbocycles. The van der Waals surface area contributed by atoms with Crippen molar-refractivity contribution in [2.24, 2.45) is 11.3 Å². The SMILES string of the molecule is CC(C)CNCC1(Cc2cccc(F)c2Br)CCCOC1. The van der Waals surface area contributed by atoms with E-state index in [-0.39, 0.29) is 11.2 Å². The summed E-state index contributed by atoms with van der Waals surface area (Å²) in [6.07, 6.45) is 3.05. The number of benzene rings is 1. The van der Waals surface area contributed by atoms with Crippen LogP contribution in [0.3, 0.4) is 0 Å². The highest BCUT2D eigenvalue weighted by Gasteiger charge is 2.33. The zero-order valence-corrected chi connectivity index (χ0v) is 14.5. The van der Waals surface area contributed by atoms with Gasteiger partial charge in [0, 0.05) is 18.6 Å². The Hall–Kier alpha value is -0.450. The van der Waals surface area contributed by atoms with Crippen molar-refractivity contribution in [2.45, 2.75) is 33.1 Å². The molecule has 1 heterocycles. The minimum atomic E-state index is -0.186. The van der Waals surface area contributed by atoms with Crippen molar-refractivity contribution in [2.75, 3.05) is 26.3 Å². The topological polar surface area (TPSA) is 21.3 Å². The number of rotatable bonds is 6. The summed E-state index contributed by atoms with van der Waals surface area (Å²) < 4.78 is 20.1. The number of ether oxygens (including phenoxy) is 1. The molecule has 2 nitrogen and oxygen atoms in total. The molecule has 0 spiro atoms. The van der Waals surface area contributed by atoms with Crippen molar-refractivity contribution in [1.82, 2.24) is 5.32 Å².